The van der Waals surface area contributed by atoms with Gasteiger partial charge in [0.2, 0.25) is 0 Å². The molecule has 0 amide bonds. The van der Waals surface area contributed by atoms with Crippen molar-refractivity contribution in [3.05, 3.63) is 271 Å². The number of anilines is 6. The van der Waals surface area contributed by atoms with E-state index in [4.69, 9.17) is 0 Å². The molecule has 13 rings (SSSR count). The van der Waals surface area contributed by atoms with Gasteiger partial charge in [-0.05, 0) is 153 Å². The number of nitrogens with zero attached hydrogens (tertiary/aromatic N) is 2. The molecule has 2 aliphatic rings. The molecule has 0 aromatic heterocycles. The van der Waals surface area contributed by atoms with E-state index in [0.717, 1.165) is 0 Å². The molecule has 418 valence electrons. The monoisotopic (exact) mass is 1100 g/mol. The quantitative estimate of drug-likeness (QED) is 0.140. The fourth-order valence-electron chi connectivity index (χ4n) is 13.2. The highest BCUT2D eigenvalue weighted by Crippen LogP contribution is 2.56. The average Bonchev–Trinajstić information content (AvgIpc) is 1.05. The molecule has 85 heavy (non-hydrogen) atoms. The summed E-state index contributed by atoms with van der Waals surface area (Å²) in [6.45, 7) is 28.3. The van der Waals surface area contributed by atoms with Crippen molar-refractivity contribution in [2.24, 2.45) is 0 Å². The van der Waals surface area contributed by atoms with Crippen molar-refractivity contribution in [2.75, 3.05) is 9.80 Å². The van der Waals surface area contributed by atoms with Gasteiger partial charge in [0.05, 0.1) is 11.4 Å². The Morgan fingerprint density at radius 3 is 0.918 bits per heavy atom. The minimum atomic E-state index is -0.259. The first kappa shape index (κ1) is 55.3. The van der Waals surface area contributed by atoms with Crippen LogP contribution in [0.1, 0.15) is 105 Å². The van der Waals surface area contributed by atoms with Gasteiger partial charge in [-0.3, -0.25) is 0 Å². The maximum atomic E-state index is 2.74. The summed E-state index contributed by atoms with van der Waals surface area (Å²) in [7, 11) is 0. The zero-order valence-corrected chi connectivity index (χ0v) is 51.6. The van der Waals surface area contributed by atoms with Crippen molar-refractivity contribution in [3.63, 3.8) is 0 Å². The summed E-state index contributed by atoms with van der Waals surface area (Å²) in [6.07, 6.45) is 0. The lowest BCUT2D eigenvalue weighted by molar-refractivity contribution is 0.590. The van der Waals surface area contributed by atoms with Crippen molar-refractivity contribution < 1.29 is 0 Å². The van der Waals surface area contributed by atoms with E-state index in [2.05, 4.69) is 342 Å². The Hall–Kier alpha value is -8.92. The highest BCUT2D eigenvalue weighted by molar-refractivity contribution is 7.00. The number of fused-ring (bicyclic) bond motifs is 4. The standard InChI is InChI=1S/C82H77BN2/c1-79(2,3)61-46-65(56-35-23-15-24-36-56)77(66(47-61)57-37-25-16-26-38-57)84-72-44-43-60(54-31-19-13-20-32-54)45-70(72)83-71-52-64(55-33-21-14-22-34-55)69(82(10,11)12)53-73(71)85(75-51-63(81(7,8)9)50-74(84)76(75)83)78-67(58-39-27-17-28-40-58)48-62(80(4,5)6)49-68(78)59-41-29-18-30-42-59/h13-53H,1-12H3. The van der Waals surface area contributed by atoms with Crippen LogP contribution in [0.4, 0.5) is 34.1 Å². The number of hydrogen-bond acceptors (Lipinski definition) is 2. The van der Waals surface area contributed by atoms with Gasteiger partial charge in [0, 0.05) is 45.0 Å². The Labute approximate surface area is 506 Å². The number of rotatable bonds is 8. The second-order valence-electron chi connectivity index (χ2n) is 27.8. The molecule has 11 aromatic carbocycles. The normalized spacial score (nSPS) is 13.1. The first-order valence-corrected chi connectivity index (χ1v) is 30.5. The lowest BCUT2D eigenvalue weighted by Crippen LogP contribution is -2.61. The molecule has 0 fully saturated rings. The molecule has 2 nitrogen and oxygen atoms in total. The van der Waals surface area contributed by atoms with Crippen molar-refractivity contribution in [1.82, 2.24) is 0 Å². The maximum absolute atomic E-state index is 2.74. The van der Waals surface area contributed by atoms with Gasteiger partial charge in [0.15, 0.2) is 0 Å². The lowest BCUT2D eigenvalue weighted by atomic mass is 9.33. The SMILES string of the molecule is CC(C)(C)c1cc(-c2ccccc2)c(N2c3ccc(-c4ccccc4)cc3B3c4cc(-c5ccccc5)c(C(C)(C)C)cc4N(c4c(-c5ccccc5)cc(C(C)(C)C)cc4-c4ccccc4)c4cc(C(C)(C)C)cc2c43)c(-c2ccccc2)c1. The molecule has 0 spiro atoms. The van der Waals surface area contributed by atoms with Gasteiger partial charge < -0.3 is 9.80 Å². The third kappa shape index (κ3) is 10.0. The highest BCUT2D eigenvalue weighted by atomic mass is 15.2. The zero-order chi connectivity index (χ0) is 59.2. The molecule has 0 aliphatic carbocycles. The molecule has 0 atom stereocenters. The van der Waals surface area contributed by atoms with E-state index in [-0.39, 0.29) is 28.4 Å². The third-order valence-electron chi connectivity index (χ3n) is 17.8. The number of hydrogen-bond donors (Lipinski definition) is 0. The Morgan fingerprint density at radius 2 is 0.565 bits per heavy atom. The van der Waals surface area contributed by atoms with Crippen LogP contribution in [0, 0.1) is 0 Å². The third-order valence-corrected chi connectivity index (χ3v) is 17.8. The molecule has 0 saturated heterocycles. The van der Waals surface area contributed by atoms with E-state index < -0.39 is 0 Å². The van der Waals surface area contributed by atoms with Crippen molar-refractivity contribution in [3.8, 4) is 66.8 Å². The molecule has 0 bridgehead atoms. The van der Waals surface area contributed by atoms with Crippen LogP contribution in [0.25, 0.3) is 66.8 Å². The summed E-state index contributed by atoms with van der Waals surface area (Å²) < 4.78 is 0. The van der Waals surface area contributed by atoms with Crippen LogP contribution >= 0.6 is 0 Å². The van der Waals surface area contributed by atoms with Crippen LogP contribution < -0.4 is 26.2 Å². The molecule has 11 aromatic rings. The van der Waals surface area contributed by atoms with Gasteiger partial charge in [-0.25, -0.2) is 0 Å². The molecule has 0 N–H and O–H groups in total. The van der Waals surface area contributed by atoms with Crippen molar-refractivity contribution >= 4 is 57.2 Å². The van der Waals surface area contributed by atoms with Gasteiger partial charge >= 0.3 is 0 Å². The summed E-state index contributed by atoms with van der Waals surface area (Å²) in [6, 6.07) is 94.6. The maximum Gasteiger partial charge on any atom is 0.252 e. The predicted molar refractivity (Wildman–Crippen MR) is 368 cm³/mol. The van der Waals surface area contributed by atoms with Gasteiger partial charge in [0.1, 0.15) is 0 Å². The molecule has 2 heterocycles. The summed E-state index contributed by atoms with van der Waals surface area (Å²) in [4.78, 5) is 5.44. The predicted octanol–water partition coefficient (Wildman–Crippen LogP) is 21.0. The van der Waals surface area contributed by atoms with Gasteiger partial charge in [-0.15, -0.1) is 0 Å². The summed E-state index contributed by atoms with van der Waals surface area (Å²) >= 11 is 0. The summed E-state index contributed by atoms with van der Waals surface area (Å²) in [5.41, 5.74) is 29.7. The van der Waals surface area contributed by atoms with Crippen LogP contribution in [0.2, 0.25) is 0 Å². The van der Waals surface area contributed by atoms with E-state index in [0.29, 0.717) is 0 Å². The molecule has 2 aliphatic heterocycles. The van der Waals surface area contributed by atoms with Gasteiger partial charge in [0.25, 0.3) is 6.71 Å². The van der Waals surface area contributed by atoms with E-state index in [1.165, 1.54) is 140 Å². The molecule has 0 radical (unpaired) electrons. The van der Waals surface area contributed by atoms with Crippen LogP contribution in [0.3, 0.4) is 0 Å². The van der Waals surface area contributed by atoms with Crippen LogP contribution in [-0.2, 0) is 21.7 Å². The molecule has 0 saturated carbocycles. The van der Waals surface area contributed by atoms with E-state index >= 15 is 0 Å². The lowest BCUT2D eigenvalue weighted by Gasteiger charge is -2.47. The van der Waals surface area contributed by atoms with Gasteiger partial charge in [-0.2, -0.15) is 0 Å². The van der Waals surface area contributed by atoms with E-state index in [1.807, 2.05) is 0 Å². The number of benzene rings is 11. The fourth-order valence-corrected chi connectivity index (χ4v) is 13.2. The van der Waals surface area contributed by atoms with Crippen LogP contribution in [0.5, 0.6) is 0 Å². The molecule has 0 unspecified atom stereocenters. The zero-order valence-electron chi connectivity index (χ0n) is 51.6. The molecular formula is C82H77BN2. The minimum Gasteiger partial charge on any atom is -0.310 e. The topological polar surface area (TPSA) is 6.48 Å². The fraction of sp³-hybridized carbons (Fsp3) is 0.195. The van der Waals surface area contributed by atoms with E-state index in [9.17, 15) is 0 Å². The average molecular weight is 1100 g/mol. The highest BCUT2D eigenvalue weighted by Gasteiger charge is 2.47. The van der Waals surface area contributed by atoms with Crippen LogP contribution in [-0.4, -0.2) is 6.71 Å². The largest absolute Gasteiger partial charge is 0.310 e. The Morgan fingerprint density at radius 1 is 0.247 bits per heavy atom. The first-order valence-electron chi connectivity index (χ1n) is 30.5. The van der Waals surface area contributed by atoms with Crippen LogP contribution in [0.15, 0.2) is 249 Å². The van der Waals surface area contributed by atoms with Crippen molar-refractivity contribution in [2.45, 2.75) is 105 Å². The Balaban J connectivity index is 1.27. The minimum absolute atomic E-state index is 0.144. The smallest absolute Gasteiger partial charge is 0.252 e. The first-order chi connectivity index (χ1) is 40.7. The van der Waals surface area contributed by atoms with E-state index in [1.54, 1.807) is 0 Å². The summed E-state index contributed by atoms with van der Waals surface area (Å²) in [5.74, 6) is 0. The Bertz CT molecular complexity index is 4170. The Kier molecular flexibility index (Phi) is 13.7. The molecule has 3 heteroatoms. The second-order valence-corrected chi connectivity index (χ2v) is 27.8. The summed E-state index contributed by atoms with van der Waals surface area (Å²) in [5, 5.41) is 0. The second kappa shape index (κ2) is 21.0. The van der Waals surface area contributed by atoms with Crippen molar-refractivity contribution in [1.29, 1.82) is 0 Å². The van der Waals surface area contributed by atoms with Gasteiger partial charge in [-0.1, -0.05) is 283 Å². The molecular weight excluding hydrogens is 1020 g/mol.